The molecule has 0 aliphatic rings. The van der Waals surface area contributed by atoms with Gasteiger partial charge in [-0.1, -0.05) is 18.2 Å². The van der Waals surface area contributed by atoms with E-state index in [4.69, 9.17) is 5.26 Å². The number of nitriles is 1. The number of carbonyl (C=O) groups is 1. The Labute approximate surface area is 127 Å². The van der Waals surface area contributed by atoms with E-state index in [1.807, 2.05) is 6.07 Å². The Morgan fingerprint density at radius 1 is 1.27 bits per heavy atom. The summed E-state index contributed by atoms with van der Waals surface area (Å²) in [4.78, 5) is 11.7. The molecular weight excluding hydrogens is 285 g/mol. The van der Waals surface area contributed by atoms with Crippen molar-refractivity contribution >= 4 is 11.6 Å². The fraction of sp³-hybridized carbons (Fsp3) is 0.125. The van der Waals surface area contributed by atoms with E-state index in [0.717, 1.165) is 0 Å². The molecule has 1 amide bonds. The molecule has 0 spiro atoms. The highest BCUT2D eigenvalue weighted by atomic mass is 19.1. The Morgan fingerprint density at radius 2 is 2.05 bits per heavy atom. The highest BCUT2D eigenvalue weighted by molar-refractivity contribution is 5.78. The van der Waals surface area contributed by atoms with Crippen LogP contribution in [0.5, 0.6) is 0 Å². The van der Waals surface area contributed by atoms with Crippen LogP contribution in [0.4, 0.5) is 10.1 Å². The summed E-state index contributed by atoms with van der Waals surface area (Å²) in [7, 11) is 0. The van der Waals surface area contributed by atoms with Crippen LogP contribution in [0, 0.1) is 17.1 Å². The Morgan fingerprint density at radius 3 is 2.77 bits per heavy atom. The van der Waals surface area contributed by atoms with Crippen molar-refractivity contribution in [2.24, 2.45) is 0 Å². The van der Waals surface area contributed by atoms with E-state index in [-0.39, 0.29) is 6.42 Å². The van der Waals surface area contributed by atoms with E-state index in [1.165, 1.54) is 18.2 Å². The summed E-state index contributed by atoms with van der Waals surface area (Å²) in [5.74, 6) is -0.928. The summed E-state index contributed by atoms with van der Waals surface area (Å²) >= 11 is 0. The Balaban J connectivity index is 1.89. The molecule has 0 bridgehead atoms. The number of hydrogen-bond acceptors (Lipinski definition) is 4. The predicted octanol–water partition coefficient (Wildman–Crippen LogP) is 2.26. The van der Waals surface area contributed by atoms with Crippen molar-refractivity contribution in [1.82, 2.24) is 5.43 Å². The van der Waals surface area contributed by atoms with Gasteiger partial charge in [-0.15, -0.1) is 0 Å². The molecule has 0 aliphatic carbocycles. The van der Waals surface area contributed by atoms with Crippen molar-refractivity contribution in [2.45, 2.75) is 12.5 Å². The molecule has 0 heterocycles. The van der Waals surface area contributed by atoms with Crippen LogP contribution in [0.25, 0.3) is 0 Å². The van der Waals surface area contributed by atoms with Crippen molar-refractivity contribution in [3.8, 4) is 6.07 Å². The number of nitrogens with zero attached hydrogens (tertiary/aromatic N) is 1. The standard InChI is InChI=1S/C16H14FN3O2/c17-13-5-2-4-12(8-13)15(21)9-16(22)20-19-14-6-1-3-11(7-14)10-18/h1-8,15,19,21H,9H2,(H,20,22). The van der Waals surface area contributed by atoms with Crippen LogP contribution in [0.3, 0.4) is 0 Å². The summed E-state index contributed by atoms with van der Waals surface area (Å²) in [5, 5.41) is 18.7. The number of nitrogens with one attached hydrogen (secondary N) is 2. The minimum Gasteiger partial charge on any atom is -0.388 e. The molecule has 0 aromatic heterocycles. The van der Waals surface area contributed by atoms with Crippen molar-refractivity contribution < 1.29 is 14.3 Å². The van der Waals surface area contributed by atoms with Gasteiger partial charge >= 0.3 is 0 Å². The molecule has 112 valence electrons. The van der Waals surface area contributed by atoms with Crippen LogP contribution in [0.2, 0.25) is 0 Å². The number of rotatable bonds is 5. The summed E-state index contributed by atoms with van der Waals surface area (Å²) in [6.45, 7) is 0. The highest BCUT2D eigenvalue weighted by Gasteiger charge is 2.13. The first kappa shape index (κ1) is 15.5. The number of halogens is 1. The van der Waals surface area contributed by atoms with E-state index in [0.29, 0.717) is 16.8 Å². The van der Waals surface area contributed by atoms with Crippen LogP contribution in [0.15, 0.2) is 48.5 Å². The zero-order valence-corrected chi connectivity index (χ0v) is 11.6. The van der Waals surface area contributed by atoms with Gasteiger partial charge in [-0.05, 0) is 35.9 Å². The van der Waals surface area contributed by atoms with Crippen molar-refractivity contribution in [2.75, 3.05) is 5.43 Å². The molecule has 3 N–H and O–H groups in total. The van der Waals surface area contributed by atoms with Gasteiger partial charge in [0, 0.05) is 0 Å². The van der Waals surface area contributed by atoms with Gasteiger partial charge in [0.15, 0.2) is 0 Å². The largest absolute Gasteiger partial charge is 0.388 e. The zero-order valence-electron chi connectivity index (χ0n) is 11.6. The van der Waals surface area contributed by atoms with Crippen molar-refractivity contribution in [3.63, 3.8) is 0 Å². The van der Waals surface area contributed by atoms with Gasteiger partial charge < -0.3 is 5.11 Å². The lowest BCUT2D eigenvalue weighted by Crippen LogP contribution is -2.30. The number of anilines is 1. The number of benzene rings is 2. The smallest absolute Gasteiger partial charge is 0.241 e. The van der Waals surface area contributed by atoms with Crippen molar-refractivity contribution in [3.05, 3.63) is 65.5 Å². The predicted molar refractivity (Wildman–Crippen MR) is 78.9 cm³/mol. The van der Waals surface area contributed by atoms with Gasteiger partial charge in [0.1, 0.15) is 5.82 Å². The minimum atomic E-state index is -1.09. The van der Waals surface area contributed by atoms with Crippen LogP contribution in [0.1, 0.15) is 23.7 Å². The third-order valence-electron chi connectivity index (χ3n) is 2.95. The van der Waals surface area contributed by atoms with Gasteiger partial charge in [0.25, 0.3) is 0 Å². The first-order valence-electron chi connectivity index (χ1n) is 6.57. The van der Waals surface area contributed by atoms with Gasteiger partial charge in [-0.25, -0.2) is 4.39 Å². The van der Waals surface area contributed by atoms with E-state index < -0.39 is 17.8 Å². The monoisotopic (exact) mass is 299 g/mol. The summed E-state index contributed by atoms with van der Waals surface area (Å²) in [6, 6.07) is 14.0. The fourth-order valence-corrected chi connectivity index (χ4v) is 1.87. The average molecular weight is 299 g/mol. The quantitative estimate of drug-likeness (QED) is 0.739. The van der Waals surface area contributed by atoms with Gasteiger partial charge in [-0.2, -0.15) is 5.26 Å². The Hall–Kier alpha value is -2.91. The third-order valence-corrected chi connectivity index (χ3v) is 2.95. The molecule has 0 aliphatic heterocycles. The van der Waals surface area contributed by atoms with Gasteiger partial charge in [0.05, 0.1) is 29.8 Å². The summed E-state index contributed by atoms with van der Waals surface area (Å²) in [5.41, 5.74) is 6.41. The lowest BCUT2D eigenvalue weighted by molar-refractivity contribution is -0.122. The third kappa shape index (κ3) is 4.30. The topological polar surface area (TPSA) is 85.2 Å². The maximum Gasteiger partial charge on any atom is 0.241 e. The van der Waals surface area contributed by atoms with E-state index in [1.54, 1.807) is 30.3 Å². The fourth-order valence-electron chi connectivity index (χ4n) is 1.87. The number of amides is 1. The average Bonchev–Trinajstić information content (AvgIpc) is 2.53. The molecule has 6 heteroatoms. The molecule has 2 aromatic rings. The Bertz CT molecular complexity index is 713. The molecule has 0 saturated carbocycles. The van der Waals surface area contributed by atoms with E-state index in [2.05, 4.69) is 10.9 Å². The second-order valence-electron chi connectivity index (χ2n) is 4.64. The molecule has 1 unspecified atom stereocenters. The molecule has 5 nitrogen and oxygen atoms in total. The second-order valence-corrected chi connectivity index (χ2v) is 4.64. The second kappa shape index (κ2) is 7.20. The normalized spacial score (nSPS) is 11.3. The van der Waals surface area contributed by atoms with Gasteiger partial charge in [-0.3, -0.25) is 15.6 Å². The number of aliphatic hydroxyl groups excluding tert-OH is 1. The number of hydrazine groups is 1. The summed E-state index contributed by atoms with van der Waals surface area (Å²) in [6.07, 6.45) is -1.31. The molecule has 1 atom stereocenters. The maximum atomic E-state index is 13.1. The van der Waals surface area contributed by atoms with Crippen molar-refractivity contribution in [1.29, 1.82) is 5.26 Å². The highest BCUT2D eigenvalue weighted by Crippen LogP contribution is 2.17. The number of aliphatic hydroxyl groups is 1. The van der Waals surface area contributed by atoms with Crippen LogP contribution in [-0.2, 0) is 4.79 Å². The van der Waals surface area contributed by atoms with E-state index in [9.17, 15) is 14.3 Å². The molecular formula is C16H14FN3O2. The molecule has 0 saturated heterocycles. The molecule has 2 rings (SSSR count). The first-order chi connectivity index (χ1) is 10.6. The zero-order chi connectivity index (χ0) is 15.9. The number of hydrogen-bond donors (Lipinski definition) is 3. The molecule has 0 radical (unpaired) electrons. The SMILES string of the molecule is N#Cc1cccc(NNC(=O)CC(O)c2cccc(F)c2)c1. The minimum absolute atomic E-state index is 0.214. The van der Waals surface area contributed by atoms with Crippen LogP contribution in [-0.4, -0.2) is 11.0 Å². The van der Waals surface area contributed by atoms with Crippen LogP contribution >= 0.6 is 0 Å². The lowest BCUT2D eigenvalue weighted by Gasteiger charge is -2.12. The molecule has 22 heavy (non-hydrogen) atoms. The Kier molecular flexibility index (Phi) is 5.07. The first-order valence-corrected chi connectivity index (χ1v) is 6.57. The van der Waals surface area contributed by atoms with Gasteiger partial charge in [0.2, 0.25) is 5.91 Å². The van der Waals surface area contributed by atoms with E-state index >= 15 is 0 Å². The number of carbonyl (C=O) groups excluding carboxylic acids is 1. The molecule has 2 aromatic carbocycles. The van der Waals surface area contributed by atoms with Crippen LogP contribution < -0.4 is 10.9 Å². The lowest BCUT2D eigenvalue weighted by atomic mass is 10.1. The maximum absolute atomic E-state index is 13.1. The summed E-state index contributed by atoms with van der Waals surface area (Å²) < 4.78 is 13.1. The molecule has 0 fully saturated rings.